The predicted molar refractivity (Wildman–Crippen MR) is 47.7 cm³/mol. The number of allylic oxidation sites excluding steroid dienone is 2. The van der Waals surface area contributed by atoms with Gasteiger partial charge in [0.05, 0.1) is 0 Å². The van der Waals surface area contributed by atoms with Crippen LogP contribution in [0, 0.1) is 0 Å². The largest absolute Gasteiger partial charge is 0.460 e. The average molecular weight is 450 g/mol. The molecule has 0 saturated carbocycles. The Balaban J connectivity index is 0. The van der Waals surface area contributed by atoms with Crippen LogP contribution in [0.25, 0.3) is 0 Å². The van der Waals surface area contributed by atoms with E-state index >= 15 is 0 Å². The molecule has 0 saturated heterocycles. The van der Waals surface area contributed by atoms with Crippen molar-refractivity contribution in [1.29, 1.82) is 0 Å². The highest BCUT2D eigenvalue weighted by atomic mass is 19.4. The Morgan fingerprint density at radius 1 is 0.370 bits per heavy atom. The summed E-state index contributed by atoms with van der Waals surface area (Å²) in [5, 5.41) is 0. The summed E-state index contributed by atoms with van der Waals surface area (Å²) in [5.74, 6) is -27.5. The first kappa shape index (κ1) is 27.4. The molecule has 162 valence electrons. The third-order valence-electron chi connectivity index (χ3n) is 1.99. The molecule has 0 aromatic heterocycles. The van der Waals surface area contributed by atoms with Crippen LogP contribution < -0.4 is 0 Å². The molecule has 0 fully saturated rings. The lowest BCUT2D eigenvalue weighted by molar-refractivity contribution is -0.348. The maximum atomic E-state index is 12.0. The fourth-order valence-electron chi connectivity index (χ4n) is 0.678. The minimum Gasteiger partial charge on any atom is -0.199 e. The average Bonchev–Trinajstić information content (AvgIpc) is 2.43. The number of rotatable bonds is 3. The Hall–Kier alpha value is -1.78. The van der Waals surface area contributed by atoms with E-state index in [0.29, 0.717) is 0 Å². The van der Waals surface area contributed by atoms with Gasteiger partial charge in [-0.15, -0.1) is 0 Å². The molecule has 0 unspecified atom stereocenters. The van der Waals surface area contributed by atoms with Crippen LogP contribution in [-0.2, 0) is 0 Å². The molecule has 0 atom stereocenters. The maximum absolute atomic E-state index is 12.0. The van der Waals surface area contributed by atoms with E-state index in [0.717, 1.165) is 0 Å². The van der Waals surface area contributed by atoms with Crippen LogP contribution in [0.1, 0.15) is 0 Å². The molecule has 0 nitrogen and oxygen atoms in total. The molecule has 0 spiro atoms. The van der Waals surface area contributed by atoms with Gasteiger partial charge >= 0.3 is 42.3 Å². The van der Waals surface area contributed by atoms with Crippen molar-refractivity contribution in [2.45, 2.75) is 30.1 Å². The van der Waals surface area contributed by atoms with Gasteiger partial charge in [0.1, 0.15) is 0 Å². The van der Waals surface area contributed by atoms with Crippen LogP contribution >= 0.6 is 0 Å². The standard InChI is InChI=1S/C5F10.C4F8/c6-1(2(7)8)3(9,10)4(11,12)5(13,14)15;5-1(2(6)7)3(8,9)4(10,11)12. The van der Waals surface area contributed by atoms with E-state index in [9.17, 15) is 79.0 Å². The number of alkyl halides is 12. The van der Waals surface area contributed by atoms with E-state index in [1.165, 1.54) is 0 Å². The number of hydrogen-bond donors (Lipinski definition) is 0. The van der Waals surface area contributed by atoms with E-state index in [2.05, 4.69) is 0 Å². The molecule has 0 rings (SSSR count). The fourth-order valence-corrected chi connectivity index (χ4v) is 0.678. The first-order valence-corrected chi connectivity index (χ1v) is 5.15. The van der Waals surface area contributed by atoms with Crippen molar-refractivity contribution in [3.8, 4) is 0 Å². The highest BCUT2D eigenvalue weighted by molar-refractivity contribution is 5.13. The molecule has 0 aromatic rings. The van der Waals surface area contributed by atoms with Crippen LogP contribution in [0.4, 0.5) is 79.0 Å². The second kappa shape index (κ2) is 8.07. The Bertz CT molecular complexity index is 563. The van der Waals surface area contributed by atoms with Gasteiger partial charge in [0.25, 0.3) is 0 Å². The molecular formula is C9F18. The number of hydrogen-bond acceptors (Lipinski definition) is 0. The zero-order valence-corrected chi connectivity index (χ0v) is 11.3. The lowest BCUT2D eigenvalue weighted by atomic mass is 10.1. The topological polar surface area (TPSA) is 0 Å². The summed E-state index contributed by atoms with van der Waals surface area (Å²) in [6, 6.07) is 0. The highest BCUT2D eigenvalue weighted by Crippen LogP contribution is 2.50. The second-order valence-corrected chi connectivity index (χ2v) is 3.87. The molecule has 0 heterocycles. The summed E-state index contributed by atoms with van der Waals surface area (Å²) in [4.78, 5) is 0. The van der Waals surface area contributed by atoms with Gasteiger partial charge < -0.3 is 0 Å². The van der Waals surface area contributed by atoms with Crippen molar-refractivity contribution in [3.05, 3.63) is 23.8 Å². The summed E-state index contributed by atoms with van der Waals surface area (Å²) in [5.41, 5.74) is 0. The van der Waals surface area contributed by atoms with Gasteiger partial charge in [0.15, 0.2) is 0 Å². The summed E-state index contributed by atoms with van der Waals surface area (Å²) in [6.45, 7) is 0. The van der Waals surface area contributed by atoms with Crippen molar-refractivity contribution in [1.82, 2.24) is 0 Å². The second-order valence-electron chi connectivity index (χ2n) is 3.87. The molecule has 0 aromatic carbocycles. The first-order chi connectivity index (χ1) is 11.5. The van der Waals surface area contributed by atoms with Gasteiger partial charge in [-0.05, 0) is 0 Å². The minimum atomic E-state index is -6.91. The van der Waals surface area contributed by atoms with Crippen LogP contribution in [0.2, 0.25) is 0 Å². The van der Waals surface area contributed by atoms with Crippen LogP contribution in [0.5, 0.6) is 0 Å². The summed E-state index contributed by atoms with van der Waals surface area (Å²) in [6.07, 6.45) is -20.8. The molecule has 27 heavy (non-hydrogen) atoms. The molecule has 0 bridgehead atoms. The van der Waals surface area contributed by atoms with E-state index in [4.69, 9.17) is 0 Å². The molecule has 0 aliphatic heterocycles. The molecule has 0 radical (unpaired) electrons. The van der Waals surface area contributed by atoms with Crippen molar-refractivity contribution in [2.24, 2.45) is 0 Å². The molecule has 0 N–H and O–H groups in total. The van der Waals surface area contributed by atoms with Crippen LogP contribution in [-0.4, -0.2) is 30.1 Å². The van der Waals surface area contributed by atoms with Gasteiger partial charge in [0.2, 0.25) is 11.7 Å². The van der Waals surface area contributed by atoms with Crippen LogP contribution in [0.15, 0.2) is 23.8 Å². The van der Waals surface area contributed by atoms with E-state index in [-0.39, 0.29) is 0 Å². The minimum absolute atomic E-state index is 3.68. The van der Waals surface area contributed by atoms with Crippen molar-refractivity contribution in [3.63, 3.8) is 0 Å². The molecular weight excluding hydrogens is 450 g/mol. The Labute approximate surface area is 134 Å². The third kappa shape index (κ3) is 5.85. The van der Waals surface area contributed by atoms with Gasteiger partial charge in [0, 0.05) is 0 Å². The summed E-state index contributed by atoms with van der Waals surface area (Å²) < 4.78 is 205. The van der Waals surface area contributed by atoms with E-state index < -0.39 is 53.9 Å². The predicted octanol–water partition coefficient (Wildman–Crippen LogP) is 7.16. The van der Waals surface area contributed by atoms with Gasteiger partial charge in [-0.1, -0.05) is 0 Å². The van der Waals surface area contributed by atoms with Crippen molar-refractivity contribution >= 4 is 0 Å². The fraction of sp³-hybridized carbons (Fsp3) is 0.556. The SMILES string of the molecule is FC(F)=C(F)C(F)(F)C(F)(F)C(F)(F)F.FC(F)=C(F)C(F)(F)C(F)(F)F. The first-order valence-electron chi connectivity index (χ1n) is 5.15. The molecule has 0 amide bonds. The molecule has 18 heteroatoms. The monoisotopic (exact) mass is 450 g/mol. The van der Waals surface area contributed by atoms with E-state index in [1.807, 2.05) is 0 Å². The molecule has 0 aliphatic rings. The highest BCUT2D eigenvalue weighted by Gasteiger charge is 2.75. The van der Waals surface area contributed by atoms with Gasteiger partial charge in [-0.2, -0.15) is 79.0 Å². The Kier molecular flexibility index (Phi) is 8.20. The Morgan fingerprint density at radius 2 is 0.630 bits per heavy atom. The lowest BCUT2D eigenvalue weighted by Gasteiger charge is -2.26. The number of halogens is 18. The summed E-state index contributed by atoms with van der Waals surface area (Å²) >= 11 is 0. The van der Waals surface area contributed by atoms with Gasteiger partial charge in [-0.25, -0.2) is 0 Å². The van der Waals surface area contributed by atoms with Crippen molar-refractivity contribution < 1.29 is 79.0 Å². The lowest BCUT2D eigenvalue weighted by Crippen LogP contribution is -2.52. The normalized spacial score (nSPS) is 13.6. The maximum Gasteiger partial charge on any atom is 0.460 e. The summed E-state index contributed by atoms with van der Waals surface area (Å²) in [7, 11) is 0. The van der Waals surface area contributed by atoms with Crippen molar-refractivity contribution in [2.75, 3.05) is 0 Å². The zero-order valence-electron chi connectivity index (χ0n) is 11.3. The quantitative estimate of drug-likeness (QED) is 0.401. The third-order valence-corrected chi connectivity index (χ3v) is 1.99. The van der Waals surface area contributed by atoms with Gasteiger partial charge in [-0.3, -0.25) is 0 Å². The van der Waals surface area contributed by atoms with E-state index in [1.54, 1.807) is 0 Å². The smallest absolute Gasteiger partial charge is 0.199 e. The zero-order chi connectivity index (χ0) is 22.8. The molecule has 0 aliphatic carbocycles. The Morgan fingerprint density at radius 3 is 0.778 bits per heavy atom. The van der Waals surface area contributed by atoms with Crippen LogP contribution in [0.3, 0.4) is 0 Å².